The van der Waals surface area contributed by atoms with Crippen molar-refractivity contribution in [3.05, 3.63) is 303 Å². The maximum absolute atomic E-state index is 6.17. The molecular formula is C78H50N6O2. The van der Waals surface area contributed by atoms with Gasteiger partial charge in [0.25, 0.3) is 0 Å². The lowest BCUT2D eigenvalue weighted by Gasteiger charge is -2.26. The van der Waals surface area contributed by atoms with Gasteiger partial charge in [0, 0.05) is 56.4 Å². The minimum absolute atomic E-state index is 0.585. The van der Waals surface area contributed by atoms with E-state index < -0.39 is 0 Å². The van der Waals surface area contributed by atoms with Crippen LogP contribution in [0.4, 0.5) is 34.1 Å². The molecule has 0 radical (unpaired) electrons. The molecule has 3 heterocycles. The zero-order valence-corrected chi connectivity index (χ0v) is 46.4. The number of nitrogens with zero attached hydrogens (tertiary/aromatic N) is 6. The van der Waals surface area contributed by atoms with Gasteiger partial charge in [-0.15, -0.1) is 0 Å². The van der Waals surface area contributed by atoms with E-state index in [1.54, 1.807) is 0 Å². The predicted octanol–water partition coefficient (Wildman–Crippen LogP) is 21.2. The number of aromatic nitrogens is 4. The van der Waals surface area contributed by atoms with Crippen molar-refractivity contribution in [1.82, 2.24) is 19.9 Å². The van der Waals surface area contributed by atoms with E-state index in [4.69, 9.17) is 28.8 Å². The first kappa shape index (κ1) is 50.0. The van der Waals surface area contributed by atoms with Gasteiger partial charge in [-0.1, -0.05) is 158 Å². The third-order valence-electron chi connectivity index (χ3n) is 16.1. The average molecular weight is 1100 g/mol. The Labute approximate surface area is 495 Å². The van der Waals surface area contributed by atoms with Crippen LogP contribution in [0.25, 0.3) is 122 Å². The van der Waals surface area contributed by atoms with Crippen LogP contribution in [0.5, 0.6) is 0 Å². The van der Waals surface area contributed by atoms with E-state index in [1.165, 1.54) is 21.5 Å². The third-order valence-corrected chi connectivity index (χ3v) is 16.1. The molecule has 13 aromatic carbocycles. The molecule has 404 valence electrons. The number of para-hydroxylation sites is 6. The highest BCUT2D eigenvalue weighted by atomic mass is 16.4. The van der Waals surface area contributed by atoms with Gasteiger partial charge in [0.15, 0.2) is 11.2 Å². The van der Waals surface area contributed by atoms with E-state index in [1.807, 2.05) is 60.7 Å². The Morgan fingerprint density at radius 2 is 0.535 bits per heavy atom. The van der Waals surface area contributed by atoms with E-state index in [0.29, 0.717) is 11.8 Å². The van der Waals surface area contributed by atoms with Crippen molar-refractivity contribution in [2.45, 2.75) is 0 Å². The van der Waals surface area contributed by atoms with Gasteiger partial charge in [-0.25, -0.2) is 19.9 Å². The van der Waals surface area contributed by atoms with E-state index in [0.717, 1.165) is 123 Å². The molecule has 0 atom stereocenters. The standard InChI is InChI=1S/C78H50N6O2/c1-3-19-61(20-4-1)83(65-43-35-55(36-44-65)77-81-69-23-11-13-25-73(69)85-77)63-39-31-53(32-40-63)75-76(54-33-41-64(42-34-54)84(62-21-5-2-6-22-62)66-45-37-56(38-46-66)78-82-70-24-12-14-26-74(70)86-78)80-72-50-68(60-30-28-52-16-8-10-18-58(52)48-60)67(49-71(72)79-75)59-29-27-51-15-7-9-17-57(51)47-59/h1-50H. The van der Waals surface area contributed by atoms with Gasteiger partial charge in [0.2, 0.25) is 11.8 Å². The molecular weight excluding hydrogens is 1050 g/mol. The Bertz CT molecular complexity index is 4770. The van der Waals surface area contributed by atoms with Crippen LogP contribution in [-0.4, -0.2) is 19.9 Å². The first-order valence-electron chi connectivity index (χ1n) is 28.7. The van der Waals surface area contributed by atoms with Crippen LogP contribution in [0, 0.1) is 0 Å². The van der Waals surface area contributed by atoms with Crippen molar-refractivity contribution in [2.75, 3.05) is 9.80 Å². The first-order valence-corrected chi connectivity index (χ1v) is 28.7. The highest BCUT2D eigenvalue weighted by Crippen LogP contribution is 2.43. The summed E-state index contributed by atoms with van der Waals surface area (Å²) in [5, 5.41) is 4.72. The molecule has 86 heavy (non-hydrogen) atoms. The minimum Gasteiger partial charge on any atom is -0.436 e. The lowest BCUT2D eigenvalue weighted by atomic mass is 9.91. The lowest BCUT2D eigenvalue weighted by molar-refractivity contribution is 0.619. The molecule has 0 fully saturated rings. The number of benzene rings is 13. The molecule has 0 amide bonds. The Hall–Kier alpha value is -11.7. The summed E-state index contributed by atoms with van der Waals surface area (Å²) in [6.07, 6.45) is 0. The fourth-order valence-electron chi connectivity index (χ4n) is 11.8. The van der Waals surface area contributed by atoms with E-state index >= 15 is 0 Å². The monoisotopic (exact) mass is 1100 g/mol. The van der Waals surface area contributed by atoms with Crippen LogP contribution in [0.2, 0.25) is 0 Å². The molecule has 3 aromatic heterocycles. The molecule has 16 aromatic rings. The predicted molar refractivity (Wildman–Crippen MR) is 352 cm³/mol. The Morgan fingerprint density at radius 3 is 0.919 bits per heavy atom. The molecule has 8 heteroatoms. The van der Waals surface area contributed by atoms with E-state index in [2.05, 4.69) is 252 Å². The SMILES string of the molecule is c1ccc(N(c2ccc(-c3nc4ccccc4o3)cc2)c2ccc(-c3nc4cc(-c5ccc6ccccc6c5)c(-c5ccc6ccccc6c5)cc4nc3-c3ccc(N(c4ccccc4)c4ccc(-c5nc6ccccc6o5)cc4)cc3)cc2)cc1. The number of anilines is 6. The number of hydrogen-bond donors (Lipinski definition) is 0. The van der Waals surface area contributed by atoms with Crippen molar-refractivity contribution < 1.29 is 8.83 Å². The van der Waals surface area contributed by atoms with E-state index in [-0.39, 0.29) is 0 Å². The number of fused-ring (bicyclic) bond motifs is 5. The van der Waals surface area contributed by atoms with Crippen LogP contribution in [-0.2, 0) is 0 Å². The summed E-state index contributed by atoms with van der Waals surface area (Å²) in [6, 6.07) is 106. The van der Waals surface area contributed by atoms with Crippen molar-refractivity contribution in [3.63, 3.8) is 0 Å². The summed E-state index contributed by atoms with van der Waals surface area (Å²) in [6.45, 7) is 0. The third kappa shape index (κ3) is 9.34. The van der Waals surface area contributed by atoms with Crippen molar-refractivity contribution in [1.29, 1.82) is 0 Å². The molecule has 0 saturated heterocycles. The maximum Gasteiger partial charge on any atom is 0.227 e. The van der Waals surface area contributed by atoms with Crippen molar-refractivity contribution >= 4 is 88.9 Å². The maximum atomic E-state index is 6.17. The van der Waals surface area contributed by atoms with Gasteiger partial charge in [-0.3, -0.25) is 0 Å². The summed E-state index contributed by atoms with van der Waals surface area (Å²) in [5.74, 6) is 1.17. The summed E-state index contributed by atoms with van der Waals surface area (Å²) in [7, 11) is 0. The number of hydrogen-bond acceptors (Lipinski definition) is 8. The molecule has 0 aliphatic carbocycles. The largest absolute Gasteiger partial charge is 0.436 e. The zero-order valence-electron chi connectivity index (χ0n) is 46.4. The van der Waals surface area contributed by atoms with Crippen LogP contribution in [0.1, 0.15) is 0 Å². The molecule has 16 rings (SSSR count). The van der Waals surface area contributed by atoms with Crippen LogP contribution in [0.3, 0.4) is 0 Å². The summed E-state index contributed by atoms with van der Waals surface area (Å²) >= 11 is 0. The fraction of sp³-hybridized carbons (Fsp3) is 0. The molecule has 0 aliphatic heterocycles. The van der Waals surface area contributed by atoms with Crippen molar-refractivity contribution in [3.8, 4) is 67.7 Å². The van der Waals surface area contributed by atoms with Crippen LogP contribution < -0.4 is 9.80 Å². The summed E-state index contributed by atoms with van der Waals surface area (Å²) in [4.78, 5) is 25.4. The molecule has 0 N–H and O–H groups in total. The Kier molecular flexibility index (Phi) is 12.3. The molecule has 0 saturated carbocycles. The Balaban J connectivity index is 0.832. The quantitative estimate of drug-likeness (QED) is 0.120. The average Bonchev–Trinajstić information content (AvgIpc) is 1.45. The van der Waals surface area contributed by atoms with Gasteiger partial charge >= 0.3 is 0 Å². The normalized spacial score (nSPS) is 11.5. The van der Waals surface area contributed by atoms with Gasteiger partial charge in [-0.05, 0) is 189 Å². The molecule has 0 aliphatic rings. The number of oxazole rings is 2. The minimum atomic E-state index is 0.585. The van der Waals surface area contributed by atoms with E-state index in [9.17, 15) is 0 Å². The zero-order chi connectivity index (χ0) is 56.9. The van der Waals surface area contributed by atoms with Crippen molar-refractivity contribution in [2.24, 2.45) is 0 Å². The number of rotatable bonds is 12. The fourth-order valence-corrected chi connectivity index (χ4v) is 11.8. The highest BCUT2D eigenvalue weighted by molar-refractivity contribution is 6.00. The van der Waals surface area contributed by atoms with Crippen LogP contribution in [0.15, 0.2) is 312 Å². The molecule has 8 nitrogen and oxygen atoms in total. The second kappa shape index (κ2) is 21.2. The highest BCUT2D eigenvalue weighted by Gasteiger charge is 2.22. The van der Waals surface area contributed by atoms with Crippen LogP contribution >= 0.6 is 0 Å². The Morgan fingerprint density at radius 1 is 0.221 bits per heavy atom. The summed E-state index contributed by atoms with van der Waals surface area (Å²) < 4.78 is 12.3. The van der Waals surface area contributed by atoms with Gasteiger partial charge in [-0.2, -0.15) is 0 Å². The van der Waals surface area contributed by atoms with Gasteiger partial charge in [0.1, 0.15) is 11.0 Å². The molecule has 0 bridgehead atoms. The lowest BCUT2D eigenvalue weighted by Crippen LogP contribution is -2.10. The smallest absolute Gasteiger partial charge is 0.227 e. The second-order valence-electron chi connectivity index (χ2n) is 21.4. The second-order valence-corrected chi connectivity index (χ2v) is 21.4. The molecule has 0 unspecified atom stereocenters. The molecule has 0 spiro atoms. The van der Waals surface area contributed by atoms with Gasteiger partial charge < -0.3 is 18.6 Å². The van der Waals surface area contributed by atoms with Gasteiger partial charge in [0.05, 0.1) is 22.4 Å². The first-order chi connectivity index (χ1) is 42.6. The topological polar surface area (TPSA) is 84.3 Å². The summed E-state index contributed by atoms with van der Waals surface area (Å²) in [5.41, 5.74) is 20.3.